The van der Waals surface area contributed by atoms with E-state index in [2.05, 4.69) is 15.0 Å². The van der Waals surface area contributed by atoms with Gasteiger partial charge in [0.2, 0.25) is 10.0 Å². The van der Waals surface area contributed by atoms with E-state index < -0.39 is 22.0 Å². The molecule has 1 amide bonds. The van der Waals surface area contributed by atoms with Crippen molar-refractivity contribution in [3.8, 4) is 0 Å². The standard InChI is InChI=1S/C21H24N6O3S2/c22-7-8-25-20(28)16-5-2-6-17(13-16)32(29,30)27-18(21-26-9-10-31-21)12-14-3-1-4-15(11-14)19(23)24/h1-6,9-11,13,18,27H,7-8,12,22H2,(H3,23,24)(H,25,28)/t18-/m0/s1. The fourth-order valence-corrected chi connectivity index (χ4v) is 5.04. The summed E-state index contributed by atoms with van der Waals surface area (Å²) in [5.74, 6) is -0.465. The molecule has 9 nitrogen and oxygen atoms in total. The Morgan fingerprint density at radius 2 is 1.91 bits per heavy atom. The molecule has 1 heterocycles. The zero-order chi connectivity index (χ0) is 23.1. The average molecular weight is 473 g/mol. The second kappa shape index (κ2) is 10.5. The number of nitrogens with one attached hydrogen (secondary N) is 3. The van der Waals surface area contributed by atoms with Crippen LogP contribution in [0, 0.1) is 5.41 Å². The maximum atomic E-state index is 13.2. The van der Waals surface area contributed by atoms with Crippen LogP contribution in [-0.2, 0) is 16.4 Å². The summed E-state index contributed by atoms with van der Waals surface area (Å²) < 4.78 is 29.0. The van der Waals surface area contributed by atoms with Crippen molar-refractivity contribution in [2.45, 2.75) is 17.4 Å². The molecule has 0 aliphatic carbocycles. The van der Waals surface area contributed by atoms with Crippen molar-refractivity contribution in [2.24, 2.45) is 11.5 Å². The molecule has 0 aliphatic rings. The number of nitrogens with zero attached hydrogens (tertiary/aromatic N) is 1. The second-order valence-corrected chi connectivity index (χ2v) is 9.57. The van der Waals surface area contributed by atoms with E-state index in [1.54, 1.807) is 29.8 Å². The van der Waals surface area contributed by atoms with Crippen LogP contribution >= 0.6 is 11.3 Å². The van der Waals surface area contributed by atoms with Gasteiger partial charge in [-0.25, -0.2) is 18.1 Å². The summed E-state index contributed by atoms with van der Waals surface area (Å²) in [6.45, 7) is 0.575. The lowest BCUT2D eigenvalue weighted by Gasteiger charge is -2.18. The Hall–Kier alpha value is -3.12. The van der Waals surface area contributed by atoms with E-state index in [1.807, 2.05) is 6.07 Å². The zero-order valence-corrected chi connectivity index (χ0v) is 18.7. The van der Waals surface area contributed by atoms with Crippen molar-refractivity contribution in [2.75, 3.05) is 13.1 Å². The first kappa shape index (κ1) is 23.5. The predicted octanol–water partition coefficient (Wildman–Crippen LogP) is 1.38. The minimum atomic E-state index is -3.96. The Kier molecular flexibility index (Phi) is 7.70. The molecule has 0 saturated heterocycles. The number of benzene rings is 2. The third-order valence-electron chi connectivity index (χ3n) is 4.56. The summed E-state index contributed by atoms with van der Waals surface area (Å²) in [6.07, 6.45) is 1.92. The minimum Gasteiger partial charge on any atom is -0.384 e. The number of amidine groups is 1. The van der Waals surface area contributed by atoms with Gasteiger partial charge in [-0.2, -0.15) is 0 Å². The Morgan fingerprint density at radius 3 is 2.59 bits per heavy atom. The molecule has 0 fully saturated rings. The van der Waals surface area contributed by atoms with Gasteiger partial charge >= 0.3 is 0 Å². The summed E-state index contributed by atoms with van der Waals surface area (Å²) in [5.41, 5.74) is 12.6. The van der Waals surface area contributed by atoms with Crippen LogP contribution < -0.4 is 21.5 Å². The van der Waals surface area contributed by atoms with Crippen LogP contribution in [0.15, 0.2) is 65.0 Å². The molecule has 1 atom stereocenters. The highest BCUT2D eigenvalue weighted by molar-refractivity contribution is 7.89. The number of carbonyl (C=O) groups excluding carboxylic acids is 1. The van der Waals surface area contributed by atoms with Crippen LogP contribution in [0.2, 0.25) is 0 Å². The molecule has 32 heavy (non-hydrogen) atoms. The Morgan fingerprint density at radius 1 is 1.16 bits per heavy atom. The predicted molar refractivity (Wildman–Crippen MR) is 124 cm³/mol. The van der Waals surface area contributed by atoms with Crippen LogP contribution in [0.4, 0.5) is 0 Å². The number of nitrogens with two attached hydrogens (primary N) is 2. The molecule has 2 aromatic carbocycles. The number of sulfonamides is 1. The van der Waals surface area contributed by atoms with Crippen molar-refractivity contribution < 1.29 is 13.2 Å². The highest BCUT2D eigenvalue weighted by Gasteiger charge is 2.24. The SMILES string of the molecule is N=C(N)c1cccc(C[C@H](NS(=O)(=O)c2cccc(C(=O)NCCN)c2)c2nccs2)c1. The maximum absolute atomic E-state index is 13.2. The van der Waals surface area contributed by atoms with Crippen molar-refractivity contribution in [1.29, 1.82) is 5.41 Å². The first-order chi connectivity index (χ1) is 15.3. The van der Waals surface area contributed by atoms with Crippen LogP contribution in [0.1, 0.15) is 32.5 Å². The van der Waals surface area contributed by atoms with E-state index in [9.17, 15) is 13.2 Å². The summed E-state index contributed by atoms with van der Waals surface area (Å²) in [7, 11) is -3.96. The number of carbonyl (C=O) groups is 1. The van der Waals surface area contributed by atoms with Gasteiger partial charge in [-0.15, -0.1) is 11.3 Å². The fourth-order valence-electron chi connectivity index (χ4n) is 3.04. The smallest absolute Gasteiger partial charge is 0.251 e. The number of amides is 1. The zero-order valence-electron chi connectivity index (χ0n) is 17.1. The molecule has 0 aliphatic heterocycles. The minimum absolute atomic E-state index is 0.0306. The lowest BCUT2D eigenvalue weighted by atomic mass is 10.0. The summed E-state index contributed by atoms with van der Waals surface area (Å²) in [4.78, 5) is 16.4. The van der Waals surface area contributed by atoms with E-state index in [1.165, 1.54) is 35.6 Å². The van der Waals surface area contributed by atoms with Crippen molar-refractivity contribution in [3.05, 3.63) is 81.8 Å². The second-order valence-electron chi connectivity index (χ2n) is 6.93. The monoisotopic (exact) mass is 472 g/mol. The highest BCUT2D eigenvalue weighted by atomic mass is 32.2. The van der Waals surface area contributed by atoms with Crippen LogP contribution in [0.3, 0.4) is 0 Å². The number of rotatable bonds is 10. The number of hydrogen-bond acceptors (Lipinski definition) is 7. The molecule has 3 aromatic rings. The molecule has 3 rings (SSSR count). The first-order valence-corrected chi connectivity index (χ1v) is 12.1. The molecular weight excluding hydrogens is 448 g/mol. The third-order valence-corrected chi connectivity index (χ3v) is 6.92. The van der Waals surface area contributed by atoms with Crippen molar-refractivity contribution in [1.82, 2.24) is 15.0 Å². The van der Waals surface area contributed by atoms with Crippen LogP contribution in [-0.4, -0.2) is 38.2 Å². The molecule has 168 valence electrons. The van der Waals surface area contributed by atoms with Gasteiger partial charge in [-0.05, 0) is 36.2 Å². The van der Waals surface area contributed by atoms with E-state index in [0.29, 0.717) is 23.5 Å². The lowest BCUT2D eigenvalue weighted by molar-refractivity contribution is 0.0954. The molecule has 11 heteroatoms. The molecule has 0 unspecified atom stereocenters. The van der Waals surface area contributed by atoms with Crippen LogP contribution in [0.5, 0.6) is 0 Å². The van der Waals surface area contributed by atoms with Crippen molar-refractivity contribution in [3.63, 3.8) is 0 Å². The number of nitrogen functional groups attached to an aromatic ring is 1. The maximum Gasteiger partial charge on any atom is 0.251 e. The normalized spacial score (nSPS) is 12.3. The van der Waals surface area contributed by atoms with Gasteiger partial charge in [0, 0.05) is 35.8 Å². The van der Waals surface area contributed by atoms with E-state index in [4.69, 9.17) is 16.9 Å². The lowest BCUT2D eigenvalue weighted by Crippen LogP contribution is -2.31. The first-order valence-electron chi connectivity index (χ1n) is 9.73. The quantitative estimate of drug-likeness (QED) is 0.221. The number of aromatic nitrogens is 1. The Balaban J connectivity index is 1.87. The number of hydrogen-bond donors (Lipinski definition) is 5. The van der Waals surface area contributed by atoms with Gasteiger partial charge in [0.15, 0.2) is 0 Å². The van der Waals surface area contributed by atoms with Gasteiger partial charge in [-0.1, -0.05) is 24.3 Å². The Labute approximate surface area is 190 Å². The topological polar surface area (TPSA) is 164 Å². The molecule has 0 saturated carbocycles. The van der Waals surface area contributed by atoms with Gasteiger partial charge in [0.05, 0.1) is 10.9 Å². The van der Waals surface area contributed by atoms with Gasteiger partial charge in [-0.3, -0.25) is 10.2 Å². The molecule has 0 spiro atoms. The molecular formula is C21H24N6O3S2. The Bertz CT molecular complexity index is 1200. The van der Waals surface area contributed by atoms with Gasteiger partial charge in [0.1, 0.15) is 10.8 Å². The summed E-state index contributed by atoms with van der Waals surface area (Å²) in [5, 5.41) is 12.6. The largest absolute Gasteiger partial charge is 0.384 e. The van der Waals surface area contributed by atoms with E-state index in [-0.39, 0.29) is 22.8 Å². The van der Waals surface area contributed by atoms with Gasteiger partial charge in [0.25, 0.3) is 5.91 Å². The molecule has 7 N–H and O–H groups in total. The van der Waals surface area contributed by atoms with Crippen LogP contribution in [0.25, 0.3) is 0 Å². The fraction of sp³-hybridized carbons (Fsp3) is 0.190. The van der Waals surface area contributed by atoms with E-state index in [0.717, 1.165) is 5.56 Å². The third kappa shape index (κ3) is 5.98. The molecule has 0 radical (unpaired) electrons. The van der Waals surface area contributed by atoms with E-state index >= 15 is 0 Å². The summed E-state index contributed by atoms with van der Waals surface area (Å²) in [6, 6.07) is 12.2. The average Bonchev–Trinajstić information content (AvgIpc) is 3.32. The molecule has 0 bridgehead atoms. The van der Waals surface area contributed by atoms with Crippen molar-refractivity contribution >= 4 is 33.1 Å². The number of thiazole rings is 1. The molecule has 1 aromatic heterocycles. The van der Waals surface area contributed by atoms with Gasteiger partial charge < -0.3 is 16.8 Å². The summed E-state index contributed by atoms with van der Waals surface area (Å²) >= 11 is 1.33. The highest BCUT2D eigenvalue weighted by Crippen LogP contribution is 2.24.